The summed E-state index contributed by atoms with van der Waals surface area (Å²) in [5, 5.41) is 0.286. The van der Waals surface area contributed by atoms with Crippen molar-refractivity contribution in [2.45, 2.75) is 38.9 Å². The average molecular weight is 244 g/mol. The first-order valence-corrected chi connectivity index (χ1v) is 6.25. The van der Waals surface area contributed by atoms with Gasteiger partial charge in [-0.05, 0) is 5.04 Å². The number of halogens is 1. The van der Waals surface area contributed by atoms with Crippen molar-refractivity contribution < 1.29 is 17.0 Å². The monoisotopic (exact) mass is 242 g/mol. The molecule has 0 rings (SSSR count). The third-order valence-corrected chi connectivity index (χ3v) is 6.56. The van der Waals surface area contributed by atoms with E-state index in [4.69, 9.17) is 6.42 Å². The second-order valence-electron chi connectivity index (χ2n) is 4.00. The molecule has 0 heterocycles. The molecule has 0 spiro atoms. The quantitative estimate of drug-likeness (QED) is 0.298. The molecule has 0 aromatic rings. The smallest absolute Gasteiger partial charge is 1.00 e. The first kappa shape index (κ1) is 17.9. The van der Waals surface area contributed by atoms with Gasteiger partial charge in [0.2, 0.25) is 0 Å². The fourth-order valence-corrected chi connectivity index (χ4v) is 0.562. The van der Waals surface area contributed by atoms with Gasteiger partial charge in [0.15, 0.2) is 0 Å². The minimum Gasteiger partial charge on any atom is -1.00 e. The standard InChI is InChI=1S/C8H15Si.BrH.Mg/c1-7-9(5,6)8(2,3)4;;/h2-6H3;1H;/q-1;;+2/p-1. The van der Waals surface area contributed by atoms with Crippen molar-refractivity contribution in [3.8, 4) is 5.54 Å². The molecule has 60 valence electrons. The van der Waals surface area contributed by atoms with E-state index in [2.05, 4.69) is 39.4 Å². The summed E-state index contributed by atoms with van der Waals surface area (Å²) < 4.78 is 0. The zero-order valence-electron chi connectivity index (χ0n) is 8.09. The maximum atomic E-state index is 7.07. The molecule has 0 saturated carbocycles. The van der Waals surface area contributed by atoms with Crippen LogP contribution in [-0.4, -0.2) is 31.1 Å². The summed E-state index contributed by atoms with van der Waals surface area (Å²) in [7, 11) is -1.46. The van der Waals surface area contributed by atoms with Crippen LogP contribution in [0.3, 0.4) is 0 Å². The maximum absolute atomic E-state index is 7.07. The van der Waals surface area contributed by atoms with Crippen LogP contribution in [-0.2, 0) is 0 Å². The van der Waals surface area contributed by atoms with Crippen molar-refractivity contribution in [3.05, 3.63) is 6.42 Å². The Hall–Kier alpha value is 1.02. The van der Waals surface area contributed by atoms with Gasteiger partial charge in [-0.15, -0.1) is 0 Å². The van der Waals surface area contributed by atoms with Gasteiger partial charge in [-0.2, -0.15) is 0 Å². The Balaban J connectivity index is -0.000000320. The predicted octanol–water partition coefficient (Wildman–Crippen LogP) is -0.753. The van der Waals surface area contributed by atoms with E-state index in [9.17, 15) is 0 Å². The molecular formula is C8H15BrMgSi. The summed E-state index contributed by atoms with van der Waals surface area (Å²) in [6.45, 7) is 10.9. The Labute approximate surface area is 98.5 Å². The van der Waals surface area contributed by atoms with Crippen molar-refractivity contribution >= 4 is 31.1 Å². The van der Waals surface area contributed by atoms with Gasteiger partial charge in [-0.25, -0.2) is 0 Å². The van der Waals surface area contributed by atoms with Crippen LogP contribution >= 0.6 is 0 Å². The van der Waals surface area contributed by atoms with Crippen LogP contribution in [0.2, 0.25) is 18.1 Å². The molecule has 3 heteroatoms. The molecule has 0 aromatic heterocycles. The zero-order valence-corrected chi connectivity index (χ0v) is 12.1. The molecular weight excluding hydrogens is 228 g/mol. The van der Waals surface area contributed by atoms with Crippen molar-refractivity contribution in [1.82, 2.24) is 0 Å². The number of hydrogen-bond donors (Lipinski definition) is 0. The normalized spacial score (nSPS) is 10.5. The average Bonchev–Trinajstić information content (AvgIpc) is 1.64. The van der Waals surface area contributed by atoms with Gasteiger partial charge < -0.3 is 28.9 Å². The molecule has 0 bridgehead atoms. The molecule has 0 amide bonds. The summed E-state index contributed by atoms with van der Waals surface area (Å²) in [6, 6.07) is 0. The molecule has 0 aliphatic carbocycles. The van der Waals surface area contributed by atoms with E-state index in [0.717, 1.165) is 0 Å². The van der Waals surface area contributed by atoms with Crippen LogP contribution in [0.4, 0.5) is 0 Å². The third kappa shape index (κ3) is 5.29. The number of rotatable bonds is 0. The molecule has 0 aliphatic rings. The van der Waals surface area contributed by atoms with Crippen molar-refractivity contribution in [2.24, 2.45) is 0 Å². The summed E-state index contributed by atoms with van der Waals surface area (Å²) in [4.78, 5) is 0. The molecule has 0 saturated heterocycles. The topological polar surface area (TPSA) is 0 Å². The summed E-state index contributed by atoms with van der Waals surface area (Å²) >= 11 is 0. The molecule has 0 nitrogen and oxygen atoms in total. The van der Waals surface area contributed by atoms with E-state index >= 15 is 0 Å². The van der Waals surface area contributed by atoms with E-state index in [1.54, 1.807) is 0 Å². The predicted molar refractivity (Wildman–Crippen MR) is 50.1 cm³/mol. The SMILES string of the molecule is [Br-].[C-]#C[Si](C)(C)C(C)(C)C.[Mg+2]. The van der Waals surface area contributed by atoms with Crippen molar-refractivity contribution in [1.29, 1.82) is 0 Å². The molecule has 0 fully saturated rings. The minimum absolute atomic E-state index is 0. The van der Waals surface area contributed by atoms with Gasteiger partial charge in [0.1, 0.15) is 0 Å². The van der Waals surface area contributed by atoms with Gasteiger partial charge in [0, 0.05) is 0 Å². The molecule has 0 atom stereocenters. The van der Waals surface area contributed by atoms with E-state index in [0.29, 0.717) is 0 Å². The van der Waals surface area contributed by atoms with E-state index < -0.39 is 8.07 Å². The first-order valence-electron chi connectivity index (χ1n) is 3.25. The Morgan fingerprint density at radius 3 is 1.45 bits per heavy atom. The third-order valence-electron chi connectivity index (χ3n) is 2.19. The Bertz CT molecular complexity index is 141. The summed E-state index contributed by atoms with van der Waals surface area (Å²) in [5.74, 6) is 0. The van der Waals surface area contributed by atoms with Gasteiger partial charge in [-0.1, -0.05) is 33.9 Å². The number of hydrogen-bond acceptors (Lipinski definition) is 0. The molecule has 0 aromatic carbocycles. The maximum Gasteiger partial charge on any atom is 2.00 e. The van der Waals surface area contributed by atoms with E-state index in [1.165, 1.54) is 0 Å². The van der Waals surface area contributed by atoms with Crippen molar-refractivity contribution in [2.75, 3.05) is 0 Å². The molecule has 0 aliphatic heterocycles. The molecule has 11 heavy (non-hydrogen) atoms. The van der Waals surface area contributed by atoms with Crippen LogP contribution in [0.1, 0.15) is 20.8 Å². The van der Waals surface area contributed by atoms with Gasteiger partial charge in [-0.3, -0.25) is 0 Å². The second-order valence-corrected chi connectivity index (χ2v) is 9.00. The van der Waals surface area contributed by atoms with Crippen LogP contribution in [0, 0.1) is 12.0 Å². The summed E-state index contributed by atoms with van der Waals surface area (Å²) in [6.07, 6.45) is 7.07. The van der Waals surface area contributed by atoms with E-state index in [1.807, 2.05) is 0 Å². The fraction of sp³-hybridized carbons (Fsp3) is 0.750. The molecule has 0 radical (unpaired) electrons. The van der Waals surface area contributed by atoms with Crippen LogP contribution in [0.25, 0.3) is 0 Å². The van der Waals surface area contributed by atoms with E-state index in [-0.39, 0.29) is 45.1 Å². The van der Waals surface area contributed by atoms with Crippen LogP contribution in [0.15, 0.2) is 0 Å². The zero-order chi connectivity index (χ0) is 7.71. The minimum atomic E-state index is -1.46. The van der Waals surface area contributed by atoms with Crippen molar-refractivity contribution in [3.63, 3.8) is 0 Å². The molecule has 0 N–H and O–H groups in total. The van der Waals surface area contributed by atoms with Gasteiger partial charge in [0.25, 0.3) is 0 Å². The largest absolute Gasteiger partial charge is 2.00 e. The van der Waals surface area contributed by atoms with Crippen LogP contribution in [0.5, 0.6) is 0 Å². The second kappa shape index (κ2) is 5.63. The Morgan fingerprint density at radius 2 is 1.45 bits per heavy atom. The van der Waals surface area contributed by atoms with Crippen LogP contribution < -0.4 is 17.0 Å². The first-order chi connectivity index (χ1) is 3.81. The van der Waals surface area contributed by atoms with Gasteiger partial charge >= 0.3 is 23.1 Å². The Morgan fingerprint density at radius 1 is 1.18 bits per heavy atom. The molecule has 0 unspecified atom stereocenters. The van der Waals surface area contributed by atoms with Gasteiger partial charge in [0.05, 0.1) is 8.07 Å². The summed E-state index contributed by atoms with van der Waals surface area (Å²) in [5.41, 5.74) is 2.67. The Kier molecular flexibility index (Phi) is 9.19. The fourth-order valence-electron chi connectivity index (χ4n) is 0.188.